The highest BCUT2D eigenvalue weighted by Crippen LogP contribution is 2.53. The van der Waals surface area contributed by atoms with Crippen molar-refractivity contribution >= 4 is 32.7 Å². The Hall–Kier alpha value is -6.18. The summed E-state index contributed by atoms with van der Waals surface area (Å²) in [7, 11) is 0. The SMILES string of the molecule is CC(C)c1ccc(CC(c2ccccc2)C(C)c2ccc3c(c2)C(C)(C)c2cc(CCC(Cc4ccc5c(c4)oc4ccccc45)c4ccccc4)c4ccccc4c2-3)cc1. The molecule has 1 nitrogen and oxygen atoms in total. The minimum absolute atomic E-state index is 0.130. The highest BCUT2D eigenvalue weighted by molar-refractivity contribution is 6.05. The quantitative estimate of drug-likeness (QED) is 0.120. The molecule has 0 saturated carbocycles. The van der Waals surface area contributed by atoms with Crippen LogP contribution >= 0.6 is 0 Å². The molecule has 1 aliphatic rings. The lowest BCUT2D eigenvalue weighted by Crippen LogP contribution is -2.17. The standard InChI is InChI=1S/C60H56O/c1-39(2)43-27-24-41(25-28-43)35-54(45-18-10-7-11-19-45)40(3)46-31-33-53-55(37-46)60(4,5)56-38-48(49-20-12-13-22-52(49)59(53)56)30-29-47(44-16-8-6-9-17-44)34-42-26-32-51-50-21-14-15-23-57(50)61-58(51)36-42/h6-28,31-33,36-40,47,54H,29-30,34-35H2,1-5H3. The van der Waals surface area contributed by atoms with E-state index in [1.807, 2.05) is 6.07 Å². The van der Waals surface area contributed by atoms with Gasteiger partial charge in [-0.05, 0) is 133 Å². The summed E-state index contributed by atoms with van der Waals surface area (Å²) in [5, 5.41) is 5.13. The molecular weight excluding hydrogens is 737 g/mol. The first-order valence-electron chi connectivity index (χ1n) is 22.5. The summed E-state index contributed by atoms with van der Waals surface area (Å²) >= 11 is 0. The molecule has 0 radical (unpaired) electrons. The summed E-state index contributed by atoms with van der Waals surface area (Å²) in [6, 6.07) is 66.1. The Balaban J connectivity index is 0.970. The van der Waals surface area contributed by atoms with E-state index < -0.39 is 0 Å². The zero-order valence-corrected chi connectivity index (χ0v) is 36.3. The number of furan rings is 1. The average molecular weight is 793 g/mol. The van der Waals surface area contributed by atoms with Crippen molar-refractivity contribution in [2.75, 3.05) is 0 Å². The van der Waals surface area contributed by atoms with Gasteiger partial charge < -0.3 is 4.42 Å². The minimum atomic E-state index is -0.130. The van der Waals surface area contributed by atoms with Gasteiger partial charge in [0.1, 0.15) is 11.2 Å². The van der Waals surface area contributed by atoms with Crippen molar-refractivity contribution in [3.63, 3.8) is 0 Å². The van der Waals surface area contributed by atoms with E-state index in [2.05, 4.69) is 204 Å². The van der Waals surface area contributed by atoms with Crippen LogP contribution in [0.4, 0.5) is 0 Å². The molecule has 0 bridgehead atoms. The molecule has 0 fully saturated rings. The van der Waals surface area contributed by atoms with Crippen molar-refractivity contribution in [2.45, 2.75) is 89.4 Å². The second kappa shape index (κ2) is 16.0. The van der Waals surface area contributed by atoms with Gasteiger partial charge in [-0.1, -0.05) is 198 Å². The average Bonchev–Trinajstić information content (AvgIpc) is 3.78. The molecule has 1 heterocycles. The third kappa shape index (κ3) is 7.29. The van der Waals surface area contributed by atoms with Crippen LogP contribution in [0.3, 0.4) is 0 Å². The van der Waals surface area contributed by atoms with E-state index >= 15 is 0 Å². The predicted molar refractivity (Wildman–Crippen MR) is 258 cm³/mol. The van der Waals surface area contributed by atoms with Crippen molar-refractivity contribution in [1.82, 2.24) is 0 Å². The molecule has 3 unspecified atom stereocenters. The van der Waals surface area contributed by atoms with E-state index in [0.29, 0.717) is 23.7 Å². The number of hydrogen-bond acceptors (Lipinski definition) is 1. The summed E-state index contributed by atoms with van der Waals surface area (Å²) in [5.41, 5.74) is 17.3. The zero-order valence-electron chi connectivity index (χ0n) is 36.3. The van der Waals surface area contributed by atoms with Crippen molar-refractivity contribution < 1.29 is 4.42 Å². The Morgan fingerprint density at radius 1 is 0.475 bits per heavy atom. The Kier molecular flexibility index (Phi) is 10.2. The Morgan fingerprint density at radius 2 is 1.10 bits per heavy atom. The van der Waals surface area contributed by atoms with Crippen molar-refractivity contribution in [1.29, 1.82) is 0 Å². The monoisotopic (exact) mass is 792 g/mol. The normalized spacial score (nSPS) is 14.7. The first-order chi connectivity index (χ1) is 29.7. The van der Waals surface area contributed by atoms with Gasteiger partial charge in [-0.25, -0.2) is 0 Å². The summed E-state index contributed by atoms with van der Waals surface area (Å²) in [4.78, 5) is 0. The topological polar surface area (TPSA) is 13.1 Å². The van der Waals surface area contributed by atoms with Gasteiger partial charge in [0, 0.05) is 16.2 Å². The van der Waals surface area contributed by atoms with Crippen molar-refractivity contribution in [3.8, 4) is 11.1 Å². The van der Waals surface area contributed by atoms with Gasteiger partial charge in [0.25, 0.3) is 0 Å². The van der Waals surface area contributed by atoms with Crippen molar-refractivity contribution in [2.24, 2.45) is 0 Å². The number of hydrogen-bond donors (Lipinski definition) is 0. The lowest BCUT2D eigenvalue weighted by Gasteiger charge is -2.28. The lowest BCUT2D eigenvalue weighted by molar-refractivity contribution is 0.569. The fourth-order valence-electron chi connectivity index (χ4n) is 10.6. The molecule has 9 aromatic rings. The number of benzene rings is 8. The van der Waals surface area contributed by atoms with Gasteiger partial charge in [0.15, 0.2) is 0 Å². The van der Waals surface area contributed by atoms with E-state index in [1.165, 1.54) is 82.7 Å². The molecule has 0 spiro atoms. The van der Waals surface area contributed by atoms with Gasteiger partial charge in [0.2, 0.25) is 0 Å². The first kappa shape index (κ1) is 39.0. The van der Waals surface area contributed by atoms with E-state index in [0.717, 1.165) is 36.8 Å². The number of aryl methyl sites for hydroxylation is 1. The van der Waals surface area contributed by atoms with E-state index in [1.54, 1.807) is 0 Å². The van der Waals surface area contributed by atoms with Crippen LogP contribution in [0.2, 0.25) is 0 Å². The molecule has 1 aliphatic carbocycles. The van der Waals surface area contributed by atoms with Crippen LogP contribution in [0.1, 0.15) is 115 Å². The molecule has 8 aromatic carbocycles. The maximum atomic E-state index is 6.33. The molecule has 0 amide bonds. The molecule has 0 aliphatic heterocycles. The van der Waals surface area contributed by atoms with Crippen LogP contribution in [-0.2, 0) is 24.7 Å². The van der Waals surface area contributed by atoms with Crippen LogP contribution < -0.4 is 0 Å². The van der Waals surface area contributed by atoms with Gasteiger partial charge >= 0.3 is 0 Å². The fourth-order valence-corrected chi connectivity index (χ4v) is 10.6. The Morgan fingerprint density at radius 3 is 1.84 bits per heavy atom. The molecule has 302 valence electrons. The fraction of sp³-hybridized carbons (Fsp3) is 0.233. The highest BCUT2D eigenvalue weighted by atomic mass is 16.3. The Bertz CT molecular complexity index is 2980. The number of para-hydroxylation sites is 1. The van der Waals surface area contributed by atoms with E-state index in [-0.39, 0.29) is 5.41 Å². The van der Waals surface area contributed by atoms with Gasteiger partial charge in [-0.3, -0.25) is 0 Å². The van der Waals surface area contributed by atoms with Crippen LogP contribution in [0.25, 0.3) is 43.8 Å². The molecule has 10 rings (SSSR count). The smallest absolute Gasteiger partial charge is 0.135 e. The summed E-state index contributed by atoms with van der Waals surface area (Å²) in [6.07, 6.45) is 4.04. The maximum Gasteiger partial charge on any atom is 0.135 e. The number of fused-ring (bicyclic) bond motifs is 8. The maximum absolute atomic E-state index is 6.33. The molecule has 61 heavy (non-hydrogen) atoms. The molecule has 0 N–H and O–H groups in total. The van der Waals surface area contributed by atoms with Crippen LogP contribution in [0, 0.1) is 0 Å². The predicted octanol–water partition coefficient (Wildman–Crippen LogP) is 16.3. The summed E-state index contributed by atoms with van der Waals surface area (Å²) in [5.74, 6) is 1.61. The highest BCUT2D eigenvalue weighted by Gasteiger charge is 2.38. The van der Waals surface area contributed by atoms with E-state index in [4.69, 9.17) is 4.42 Å². The zero-order chi connectivity index (χ0) is 41.7. The largest absolute Gasteiger partial charge is 0.456 e. The molecule has 3 atom stereocenters. The minimum Gasteiger partial charge on any atom is -0.456 e. The van der Waals surface area contributed by atoms with Gasteiger partial charge in [-0.2, -0.15) is 0 Å². The molecule has 0 saturated heterocycles. The Labute approximate surface area is 362 Å². The summed E-state index contributed by atoms with van der Waals surface area (Å²) in [6.45, 7) is 11.9. The molecule has 1 heteroatoms. The van der Waals surface area contributed by atoms with Crippen molar-refractivity contribution in [3.05, 3.63) is 226 Å². The summed E-state index contributed by atoms with van der Waals surface area (Å²) < 4.78 is 6.33. The second-order valence-corrected chi connectivity index (χ2v) is 18.6. The third-order valence-corrected chi connectivity index (χ3v) is 14.2. The second-order valence-electron chi connectivity index (χ2n) is 18.6. The first-order valence-corrected chi connectivity index (χ1v) is 22.5. The lowest BCUT2D eigenvalue weighted by atomic mass is 9.76. The van der Waals surface area contributed by atoms with Gasteiger partial charge in [-0.15, -0.1) is 0 Å². The van der Waals surface area contributed by atoms with Crippen LogP contribution in [0.5, 0.6) is 0 Å². The molecular formula is C60H56O. The van der Waals surface area contributed by atoms with Crippen LogP contribution in [-0.4, -0.2) is 0 Å². The van der Waals surface area contributed by atoms with Gasteiger partial charge in [0.05, 0.1) is 0 Å². The molecule has 1 aromatic heterocycles. The van der Waals surface area contributed by atoms with E-state index in [9.17, 15) is 0 Å². The number of rotatable bonds is 12. The van der Waals surface area contributed by atoms with Crippen LogP contribution in [0.15, 0.2) is 180 Å². The third-order valence-electron chi connectivity index (χ3n) is 14.2.